The van der Waals surface area contributed by atoms with Gasteiger partial charge >= 0.3 is 6.16 Å². The second kappa shape index (κ2) is 15.8. The van der Waals surface area contributed by atoms with Gasteiger partial charge in [-0.25, -0.2) is 4.79 Å². The highest BCUT2D eigenvalue weighted by molar-refractivity contribution is 5.60. The third-order valence-corrected chi connectivity index (χ3v) is 8.24. The average Bonchev–Trinajstić information content (AvgIpc) is 3.71. The lowest BCUT2D eigenvalue weighted by molar-refractivity contribution is -0.757. The van der Waals surface area contributed by atoms with Gasteiger partial charge in [0.1, 0.15) is 36.6 Å². The summed E-state index contributed by atoms with van der Waals surface area (Å²) in [6.07, 6.45) is -1.63. The molecule has 4 aliphatic heterocycles. The molecule has 0 aromatic heterocycles. The zero-order chi connectivity index (χ0) is 30.1. The molecule has 0 spiro atoms. The molecule has 0 saturated carbocycles. The predicted octanol–water partition coefficient (Wildman–Crippen LogP) is 0.964. The number of aliphatic hydroxyl groups excluding tert-OH is 2. The number of aliphatic hydroxyl groups is 2. The lowest BCUT2D eigenvalue weighted by Gasteiger charge is -2.29. The van der Waals surface area contributed by atoms with Crippen LogP contribution < -0.4 is 0 Å². The van der Waals surface area contributed by atoms with E-state index in [1.807, 2.05) is 0 Å². The van der Waals surface area contributed by atoms with Crippen molar-refractivity contribution in [2.24, 2.45) is 11.8 Å². The maximum atomic E-state index is 13.2. The van der Waals surface area contributed by atoms with E-state index in [2.05, 4.69) is 9.68 Å². The van der Waals surface area contributed by atoms with Crippen LogP contribution in [0.25, 0.3) is 0 Å². The molecule has 4 fully saturated rings. The van der Waals surface area contributed by atoms with E-state index in [9.17, 15) is 35.2 Å². The first-order valence-electron chi connectivity index (χ1n) is 14.5. The molecule has 42 heavy (non-hydrogen) atoms. The zero-order valence-corrected chi connectivity index (χ0v) is 23.3. The molecule has 17 heteroatoms. The van der Waals surface area contributed by atoms with Crippen LogP contribution in [-0.4, -0.2) is 115 Å². The Balaban J connectivity index is 1.35. The number of ether oxygens (including phenoxy) is 6. The fourth-order valence-corrected chi connectivity index (χ4v) is 6.18. The van der Waals surface area contributed by atoms with E-state index in [0.717, 1.165) is 0 Å². The highest BCUT2D eigenvalue weighted by Gasteiger charge is 2.52. The van der Waals surface area contributed by atoms with Crippen molar-refractivity contribution in [1.82, 2.24) is 0 Å². The topological polar surface area (TPSA) is 218 Å². The zero-order valence-electron chi connectivity index (χ0n) is 23.3. The number of carbonyl (C=O) groups is 1. The van der Waals surface area contributed by atoms with Crippen molar-refractivity contribution in [3.05, 3.63) is 20.2 Å². The van der Waals surface area contributed by atoms with Gasteiger partial charge in [-0.05, 0) is 38.5 Å². The number of hydrogen-bond donors (Lipinski definition) is 2. The molecule has 0 bridgehead atoms. The van der Waals surface area contributed by atoms with Crippen LogP contribution in [0.15, 0.2) is 0 Å². The molecule has 17 nitrogen and oxygen atoms in total. The van der Waals surface area contributed by atoms with Crippen LogP contribution in [0.5, 0.6) is 0 Å². The maximum Gasteiger partial charge on any atom is 0.508 e. The van der Waals surface area contributed by atoms with Gasteiger partial charge in [0.25, 0.3) is 10.2 Å². The quantitative estimate of drug-likeness (QED) is 0.0958. The van der Waals surface area contributed by atoms with Crippen molar-refractivity contribution in [3.8, 4) is 0 Å². The predicted molar refractivity (Wildman–Crippen MR) is 136 cm³/mol. The number of nitrogens with zero attached hydrogens (tertiary/aromatic N) is 2. The number of hydrogen-bond acceptors (Lipinski definition) is 15. The Morgan fingerprint density at radius 1 is 0.667 bits per heavy atom. The summed E-state index contributed by atoms with van der Waals surface area (Å²) >= 11 is 0. The molecular weight excluding hydrogens is 568 g/mol. The highest BCUT2D eigenvalue weighted by Crippen LogP contribution is 2.38. The summed E-state index contributed by atoms with van der Waals surface area (Å²) in [7, 11) is 0. The smallest absolute Gasteiger partial charge is 0.430 e. The molecule has 4 saturated heterocycles. The van der Waals surface area contributed by atoms with E-state index in [1.54, 1.807) is 0 Å². The van der Waals surface area contributed by atoms with Gasteiger partial charge in [0, 0.05) is 11.8 Å². The minimum atomic E-state index is -0.901. The SMILES string of the molecule is O=C(OC(CCCCCO[N+](=O)[O-])[C@H]1CO[C@H]2[C@@H]1OC[C@H]2O)OC(CCCCCO[N+](=O)[O-])[C@H]1CO[C@H]2[C@@H]1OC[C@H]2O. The van der Waals surface area contributed by atoms with Gasteiger partial charge in [-0.2, -0.15) is 0 Å². The molecule has 240 valence electrons. The second-order valence-electron chi connectivity index (χ2n) is 11.0. The van der Waals surface area contributed by atoms with Crippen LogP contribution >= 0.6 is 0 Å². The van der Waals surface area contributed by atoms with Crippen LogP contribution in [0.3, 0.4) is 0 Å². The Bertz CT molecular complexity index is 828. The van der Waals surface area contributed by atoms with Crippen molar-refractivity contribution < 1.29 is 63.3 Å². The van der Waals surface area contributed by atoms with Crippen LogP contribution in [0.2, 0.25) is 0 Å². The molecule has 0 aliphatic carbocycles. The van der Waals surface area contributed by atoms with Crippen molar-refractivity contribution in [1.29, 1.82) is 0 Å². The van der Waals surface area contributed by atoms with Gasteiger partial charge in [0.05, 0.1) is 51.8 Å². The van der Waals surface area contributed by atoms with E-state index in [1.165, 1.54) is 0 Å². The summed E-state index contributed by atoms with van der Waals surface area (Å²) in [5.41, 5.74) is 0. The Morgan fingerprint density at radius 3 is 1.48 bits per heavy atom. The van der Waals surface area contributed by atoms with Crippen molar-refractivity contribution >= 4 is 6.16 Å². The molecule has 4 aliphatic rings. The molecule has 4 heterocycles. The lowest BCUT2D eigenvalue weighted by atomic mass is 9.91. The third kappa shape index (κ3) is 8.73. The third-order valence-electron chi connectivity index (χ3n) is 8.24. The van der Waals surface area contributed by atoms with Gasteiger partial charge < -0.3 is 48.3 Å². The summed E-state index contributed by atoms with van der Waals surface area (Å²) < 4.78 is 34.7. The molecule has 2 unspecified atom stereocenters. The number of carbonyl (C=O) groups excluding carboxylic acids is 1. The standard InChI is InChI=1S/C25H40N2O15/c28-17-13-37-21-15(11-35-23(17)21)19(7-3-1-5-9-39-26(31)32)41-25(30)42-20(8-4-2-6-10-40-27(33)34)16-12-36-24-18(29)14-38-22(16)24/h15-24,28-29H,1-14H2/t15-,16-,17-,18-,19?,20?,21-,22-,23-,24-/m1/s1. The summed E-state index contributed by atoms with van der Waals surface area (Å²) in [6.45, 7) is 0.607. The summed E-state index contributed by atoms with van der Waals surface area (Å²) in [4.78, 5) is 42.7. The van der Waals surface area contributed by atoms with Gasteiger partial charge in [0.2, 0.25) is 0 Å². The first-order valence-corrected chi connectivity index (χ1v) is 14.5. The average molecular weight is 609 g/mol. The molecule has 10 atom stereocenters. The molecular formula is C25H40N2O15. The maximum absolute atomic E-state index is 13.2. The second-order valence-corrected chi connectivity index (χ2v) is 11.0. The lowest BCUT2D eigenvalue weighted by Crippen LogP contribution is -2.40. The van der Waals surface area contributed by atoms with Crippen molar-refractivity contribution in [3.63, 3.8) is 0 Å². The van der Waals surface area contributed by atoms with Crippen LogP contribution in [0, 0.1) is 32.1 Å². The Morgan fingerprint density at radius 2 is 1.07 bits per heavy atom. The van der Waals surface area contributed by atoms with Gasteiger partial charge in [-0.15, -0.1) is 20.2 Å². The summed E-state index contributed by atoms with van der Waals surface area (Å²) in [5.74, 6) is -0.690. The fraction of sp³-hybridized carbons (Fsp3) is 0.960. The Labute approximate surface area is 241 Å². The Kier molecular flexibility index (Phi) is 12.1. The molecule has 0 amide bonds. The van der Waals surface area contributed by atoms with E-state index >= 15 is 0 Å². The van der Waals surface area contributed by atoms with E-state index in [0.29, 0.717) is 51.4 Å². The van der Waals surface area contributed by atoms with E-state index in [4.69, 9.17) is 28.4 Å². The van der Waals surface area contributed by atoms with Gasteiger partial charge in [-0.3, -0.25) is 0 Å². The van der Waals surface area contributed by atoms with Gasteiger partial charge in [0.15, 0.2) is 0 Å². The normalized spacial score (nSPS) is 33.0. The van der Waals surface area contributed by atoms with E-state index < -0.39 is 65.2 Å². The van der Waals surface area contributed by atoms with Crippen LogP contribution in [0.1, 0.15) is 51.4 Å². The van der Waals surface area contributed by atoms with E-state index in [-0.39, 0.29) is 51.5 Å². The number of rotatable bonds is 18. The number of unbranched alkanes of at least 4 members (excludes halogenated alkanes) is 4. The Hall–Kier alpha value is -2.57. The first-order chi connectivity index (χ1) is 20.2. The molecule has 0 aromatic carbocycles. The van der Waals surface area contributed by atoms with Gasteiger partial charge in [-0.1, -0.05) is 12.8 Å². The minimum absolute atomic E-state index is 0.0324. The number of fused-ring (bicyclic) bond motifs is 2. The highest BCUT2D eigenvalue weighted by atomic mass is 17.0. The molecule has 0 radical (unpaired) electrons. The van der Waals surface area contributed by atoms with Crippen molar-refractivity contribution in [2.45, 2.75) is 100 Å². The summed E-state index contributed by atoms with van der Waals surface area (Å²) in [5, 5.41) is 39.4. The molecule has 0 aromatic rings. The fourth-order valence-electron chi connectivity index (χ4n) is 6.18. The minimum Gasteiger partial charge on any atom is -0.430 e. The summed E-state index contributed by atoms with van der Waals surface area (Å²) in [6, 6.07) is 0. The molecule has 2 N–H and O–H groups in total. The monoisotopic (exact) mass is 608 g/mol. The largest absolute Gasteiger partial charge is 0.508 e. The van der Waals surface area contributed by atoms with Crippen LogP contribution in [-0.2, 0) is 38.1 Å². The van der Waals surface area contributed by atoms with Crippen LogP contribution in [0.4, 0.5) is 4.79 Å². The first kappa shape index (κ1) is 32.3. The van der Waals surface area contributed by atoms with Crippen molar-refractivity contribution in [2.75, 3.05) is 39.6 Å². The molecule has 4 rings (SSSR count).